The van der Waals surface area contributed by atoms with Crippen molar-refractivity contribution in [3.05, 3.63) is 60.3 Å². The van der Waals surface area contributed by atoms with E-state index in [-0.39, 0.29) is 11.7 Å². The quantitative estimate of drug-likeness (QED) is 0.461. The molecule has 0 bridgehead atoms. The number of aromatic nitrogens is 2. The molecule has 0 saturated carbocycles. The molecule has 2 aliphatic rings. The summed E-state index contributed by atoms with van der Waals surface area (Å²) in [5, 5.41) is 12.5. The maximum Gasteiger partial charge on any atom is 0.318 e. The predicted octanol–water partition coefficient (Wildman–Crippen LogP) is 3.70. The normalized spacial score (nSPS) is 15.1. The summed E-state index contributed by atoms with van der Waals surface area (Å²) < 4.78 is 5.99. The summed E-state index contributed by atoms with van der Waals surface area (Å²) in [6, 6.07) is 12.1. The predicted molar refractivity (Wildman–Crippen MR) is 157 cm³/mol. The third kappa shape index (κ3) is 6.42. The fourth-order valence-corrected chi connectivity index (χ4v) is 5.04. The lowest BCUT2D eigenvalue weighted by Crippen LogP contribution is -2.49. The molecule has 0 unspecified atom stereocenters. The van der Waals surface area contributed by atoms with Gasteiger partial charge in [0.15, 0.2) is 0 Å². The fourth-order valence-electron chi connectivity index (χ4n) is 5.04. The number of hydrogen-bond donors (Lipinski definition) is 1. The number of hydrogen-bond acceptors (Lipinski definition) is 8. The van der Waals surface area contributed by atoms with Crippen molar-refractivity contribution in [1.29, 1.82) is 0 Å². The second kappa shape index (κ2) is 12.8. The average molecular weight is 533 g/mol. The lowest BCUT2D eigenvalue weighted by molar-refractivity contribution is -0.126. The highest BCUT2D eigenvalue weighted by Gasteiger charge is 2.29. The van der Waals surface area contributed by atoms with Crippen molar-refractivity contribution in [2.45, 2.75) is 26.8 Å². The molecular weight excluding hydrogens is 492 g/mol. The Balaban J connectivity index is 0.00000172. The number of rotatable bonds is 7. The van der Waals surface area contributed by atoms with Crippen molar-refractivity contribution in [3.8, 4) is 11.8 Å². The van der Waals surface area contributed by atoms with Gasteiger partial charge in [-0.1, -0.05) is 44.7 Å². The molecule has 0 spiro atoms. The number of phenolic OH excluding ortho intramolecular Hbond substituents is 1. The molecule has 0 atom stereocenters. The number of carbonyl (C=O) groups is 1. The van der Waals surface area contributed by atoms with Crippen molar-refractivity contribution < 1.29 is 14.6 Å². The minimum atomic E-state index is -0.0361. The zero-order valence-corrected chi connectivity index (χ0v) is 23.6. The first kappa shape index (κ1) is 28.2. The molecule has 1 N–H and O–H groups in total. The van der Waals surface area contributed by atoms with Crippen molar-refractivity contribution in [2.75, 3.05) is 69.8 Å². The van der Waals surface area contributed by atoms with Crippen LogP contribution in [0.15, 0.2) is 49.1 Å². The maximum atomic E-state index is 12.1. The van der Waals surface area contributed by atoms with Gasteiger partial charge in [-0.3, -0.25) is 4.79 Å². The number of ether oxygens (including phenoxy) is 1. The van der Waals surface area contributed by atoms with E-state index in [0.717, 1.165) is 53.0 Å². The molecule has 39 heavy (non-hydrogen) atoms. The Kier molecular flexibility index (Phi) is 9.24. The van der Waals surface area contributed by atoms with Crippen LogP contribution < -0.4 is 14.5 Å². The van der Waals surface area contributed by atoms with E-state index in [1.807, 2.05) is 57.1 Å². The molecule has 5 rings (SSSR count). The first-order chi connectivity index (χ1) is 18.9. The molecule has 0 aliphatic carbocycles. The molecule has 1 fully saturated rings. The highest BCUT2D eigenvalue weighted by Crippen LogP contribution is 2.36. The van der Waals surface area contributed by atoms with Gasteiger partial charge in [-0.05, 0) is 38.0 Å². The summed E-state index contributed by atoms with van der Waals surface area (Å²) in [5.74, 6) is 1.12. The summed E-state index contributed by atoms with van der Waals surface area (Å²) >= 11 is 0. The molecule has 9 nitrogen and oxygen atoms in total. The summed E-state index contributed by atoms with van der Waals surface area (Å²) in [6.07, 6.45) is 2.15. The van der Waals surface area contributed by atoms with Crippen LogP contribution in [0, 0.1) is 0 Å². The molecule has 3 aromatic rings. The first-order valence-electron chi connectivity index (χ1n) is 13.7. The van der Waals surface area contributed by atoms with Crippen LogP contribution in [0.3, 0.4) is 0 Å². The van der Waals surface area contributed by atoms with Gasteiger partial charge in [-0.15, -0.1) is 0 Å². The third-order valence-electron chi connectivity index (χ3n) is 7.02. The van der Waals surface area contributed by atoms with Gasteiger partial charge in [0.05, 0.1) is 12.2 Å². The second-order valence-corrected chi connectivity index (χ2v) is 9.78. The zero-order valence-electron chi connectivity index (χ0n) is 23.6. The Bertz CT molecular complexity index is 1300. The molecule has 1 aromatic heterocycles. The molecule has 9 heteroatoms. The summed E-state index contributed by atoms with van der Waals surface area (Å²) in [6.45, 7) is 12.9. The van der Waals surface area contributed by atoms with Gasteiger partial charge in [-0.2, -0.15) is 9.97 Å². The fraction of sp³-hybridized carbons (Fsp3) is 0.433. The lowest BCUT2D eigenvalue weighted by Gasteiger charge is -2.38. The second-order valence-electron chi connectivity index (χ2n) is 9.78. The minimum Gasteiger partial charge on any atom is -0.508 e. The Morgan fingerprint density at radius 3 is 2.54 bits per heavy atom. The standard InChI is InChI=1S/C28H34N6O3.C2H6/c1-4-26(36)32-11-13-33(14-12-32)27-23-9-10-34(19-24(23)29-28(30-27)37-16-15-31(2)3)25-18-21(35)17-20-7-5-6-8-22(20)25;1-2/h4-8,17-18,35H,1,9-16,19H2,2-3H3;1-2H3. The molecule has 2 aromatic carbocycles. The molecule has 1 saturated heterocycles. The van der Waals surface area contributed by atoms with Crippen molar-refractivity contribution in [2.24, 2.45) is 0 Å². The average Bonchev–Trinajstić information content (AvgIpc) is 2.96. The van der Waals surface area contributed by atoms with E-state index in [1.165, 1.54) is 6.08 Å². The van der Waals surface area contributed by atoms with Crippen LogP contribution in [0.4, 0.5) is 11.5 Å². The van der Waals surface area contributed by atoms with Crippen molar-refractivity contribution >= 4 is 28.2 Å². The smallest absolute Gasteiger partial charge is 0.318 e. The number of fused-ring (bicyclic) bond motifs is 2. The number of carbonyl (C=O) groups excluding carboxylic acids is 1. The Morgan fingerprint density at radius 1 is 1.08 bits per heavy atom. The molecule has 2 aliphatic heterocycles. The van der Waals surface area contributed by atoms with E-state index in [0.29, 0.717) is 45.3 Å². The monoisotopic (exact) mass is 532 g/mol. The number of anilines is 2. The van der Waals surface area contributed by atoms with Crippen molar-refractivity contribution in [1.82, 2.24) is 19.8 Å². The Hall–Kier alpha value is -3.85. The van der Waals surface area contributed by atoms with Crippen LogP contribution in [-0.2, 0) is 17.8 Å². The van der Waals surface area contributed by atoms with E-state index in [1.54, 1.807) is 6.07 Å². The number of phenols is 1. The zero-order chi connectivity index (χ0) is 27.9. The molecule has 0 radical (unpaired) electrons. The summed E-state index contributed by atoms with van der Waals surface area (Å²) in [4.78, 5) is 30.2. The van der Waals surface area contributed by atoms with Crippen LogP contribution >= 0.6 is 0 Å². The maximum absolute atomic E-state index is 12.1. The molecule has 3 heterocycles. The number of nitrogens with zero attached hydrogens (tertiary/aromatic N) is 6. The summed E-state index contributed by atoms with van der Waals surface area (Å²) in [5.41, 5.74) is 3.06. The number of piperazine rings is 1. The van der Waals surface area contributed by atoms with E-state index < -0.39 is 0 Å². The Labute approximate surface area is 231 Å². The van der Waals surface area contributed by atoms with E-state index >= 15 is 0 Å². The van der Waals surface area contributed by atoms with E-state index in [2.05, 4.69) is 27.3 Å². The highest BCUT2D eigenvalue weighted by molar-refractivity contribution is 5.95. The van der Waals surface area contributed by atoms with Crippen LogP contribution in [0.5, 0.6) is 11.8 Å². The highest BCUT2D eigenvalue weighted by atomic mass is 16.5. The van der Waals surface area contributed by atoms with E-state index in [9.17, 15) is 9.90 Å². The number of benzene rings is 2. The van der Waals surface area contributed by atoms with Gasteiger partial charge in [0, 0.05) is 62.0 Å². The minimum absolute atomic E-state index is 0.0361. The van der Waals surface area contributed by atoms with Crippen LogP contribution in [0.25, 0.3) is 10.8 Å². The van der Waals surface area contributed by atoms with Crippen molar-refractivity contribution in [3.63, 3.8) is 0 Å². The van der Waals surface area contributed by atoms with E-state index in [4.69, 9.17) is 14.7 Å². The number of aromatic hydroxyl groups is 1. The third-order valence-corrected chi connectivity index (χ3v) is 7.02. The van der Waals surface area contributed by atoms with Gasteiger partial charge < -0.3 is 29.4 Å². The summed E-state index contributed by atoms with van der Waals surface area (Å²) in [7, 11) is 4.01. The molecule has 1 amide bonds. The van der Waals surface area contributed by atoms with Crippen LogP contribution in [-0.4, -0.2) is 90.8 Å². The van der Waals surface area contributed by atoms with Gasteiger partial charge in [0.25, 0.3) is 0 Å². The van der Waals surface area contributed by atoms with Crippen LogP contribution in [0.1, 0.15) is 25.1 Å². The van der Waals surface area contributed by atoms with Gasteiger partial charge in [0.2, 0.25) is 5.91 Å². The largest absolute Gasteiger partial charge is 0.508 e. The number of likely N-dealkylation sites (N-methyl/N-ethyl adjacent to an activating group) is 1. The molecular formula is C30H40N6O3. The Morgan fingerprint density at radius 2 is 1.82 bits per heavy atom. The first-order valence-corrected chi connectivity index (χ1v) is 13.7. The van der Waals surface area contributed by atoms with Gasteiger partial charge >= 0.3 is 6.01 Å². The lowest BCUT2D eigenvalue weighted by atomic mass is 10.0. The molecule has 208 valence electrons. The van der Waals surface area contributed by atoms with Crippen LogP contribution in [0.2, 0.25) is 0 Å². The number of amides is 1. The van der Waals surface area contributed by atoms with Gasteiger partial charge in [-0.25, -0.2) is 0 Å². The van der Waals surface area contributed by atoms with Gasteiger partial charge in [0.1, 0.15) is 18.2 Å². The topological polar surface area (TPSA) is 85.3 Å². The SMILES string of the molecule is C=CC(=O)N1CCN(c2nc(OCCN(C)C)nc3c2CCN(c2cc(O)cc4ccccc24)C3)CC1.CC.